The third-order valence-corrected chi connectivity index (χ3v) is 1.76. The Kier molecular flexibility index (Phi) is 4.63. The smallest absolute Gasteiger partial charge is 0.331 e. The van der Waals surface area contributed by atoms with Crippen molar-refractivity contribution in [3.8, 4) is 0 Å². The second-order valence-electron chi connectivity index (χ2n) is 2.84. The molecule has 0 unspecified atom stereocenters. The molecule has 0 aromatic heterocycles. The lowest BCUT2D eigenvalue weighted by atomic mass is 10.1. The Labute approximate surface area is 93.0 Å². The number of hydrogen-bond donors (Lipinski definition) is 0. The topological polar surface area (TPSA) is 75.1 Å². The van der Waals surface area contributed by atoms with Gasteiger partial charge >= 0.3 is 5.97 Å². The molecule has 0 saturated heterocycles. The second-order valence-corrected chi connectivity index (χ2v) is 2.84. The van der Waals surface area contributed by atoms with E-state index in [0.29, 0.717) is 5.56 Å². The van der Waals surface area contributed by atoms with Crippen molar-refractivity contribution in [2.45, 2.75) is 6.92 Å². The van der Waals surface area contributed by atoms with Crippen molar-refractivity contribution >= 4 is 11.7 Å². The Morgan fingerprint density at radius 2 is 2.19 bits per heavy atom. The molecule has 0 N–H and O–H groups in total. The van der Waals surface area contributed by atoms with Gasteiger partial charge in [-0.05, 0) is 18.0 Å². The van der Waals surface area contributed by atoms with Crippen LogP contribution < -0.4 is 0 Å². The zero-order chi connectivity index (χ0) is 11.8. The Bertz CT molecular complexity index is 434. The van der Waals surface area contributed by atoms with Crippen molar-refractivity contribution in [3.63, 3.8) is 0 Å². The van der Waals surface area contributed by atoms with Crippen LogP contribution in [0.5, 0.6) is 0 Å². The van der Waals surface area contributed by atoms with Crippen LogP contribution in [0.25, 0.3) is 16.1 Å². The van der Waals surface area contributed by atoms with E-state index >= 15 is 0 Å². The molecule has 0 aliphatic rings. The summed E-state index contributed by atoms with van der Waals surface area (Å²) in [5.41, 5.74) is 9.33. The maximum atomic E-state index is 11.2. The van der Waals surface area contributed by atoms with Gasteiger partial charge < -0.3 is 4.74 Å². The van der Waals surface area contributed by atoms with Gasteiger partial charge in [-0.25, -0.2) is 4.79 Å². The molecule has 0 aliphatic carbocycles. The van der Waals surface area contributed by atoms with Gasteiger partial charge in [-0.1, -0.05) is 35.4 Å². The maximum Gasteiger partial charge on any atom is 0.331 e. The van der Waals surface area contributed by atoms with Gasteiger partial charge in [0.25, 0.3) is 0 Å². The highest BCUT2D eigenvalue weighted by molar-refractivity contribution is 5.91. The highest BCUT2D eigenvalue weighted by Gasteiger charge is 2.02. The van der Waals surface area contributed by atoms with Gasteiger partial charge in [-0.2, -0.15) is 0 Å². The molecule has 0 heterocycles. The van der Waals surface area contributed by atoms with Crippen LogP contribution in [-0.4, -0.2) is 12.6 Å². The van der Waals surface area contributed by atoms with E-state index in [1.165, 1.54) is 6.08 Å². The lowest BCUT2D eigenvalue weighted by Crippen LogP contribution is -2.00. The number of ether oxygens (including phenoxy) is 1. The summed E-state index contributed by atoms with van der Waals surface area (Å²) in [6.07, 6.45) is 1.18. The van der Waals surface area contributed by atoms with Crippen LogP contribution in [0.1, 0.15) is 12.5 Å². The average Bonchev–Trinajstić information content (AvgIpc) is 2.30. The van der Waals surface area contributed by atoms with Crippen LogP contribution in [0.3, 0.4) is 0 Å². The molecule has 1 aromatic carbocycles. The molecular weight excluding hydrogens is 206 g/mol. The molecule has 5 heteroatoms. The molecule has 0 amide bonds. The van der Waals surface area contributed by atoms with Crippen LogP contribution in [-0.2, 0) is 9.53 Å². The Morgan fingerprint density at radius 1 is 1.50 bits per heavy atom. The third kappa shape index (κ3) is 3.48. The van der Waals surface area contributed by atoms with Crippen LogP contribution in [0.4, 0.5) is 0 Å². The van der Waals surface area contributed by atoms with E-state index in [1.807, 2.05) is 6.07 Å². The van der Waals surface area contributed by atoms with Crippen molar-refractivity contribution in [3.05, 3.63) is 52.4 Å². The molecular formula is C11H11N3O2. The first-order valence-electron chi connectivity index (χ1n) is 4.77. The fourth-order valence-corrected chi connectivity index (χ4v) is 1.12. The highest BCUT2D eigenvalue weighted by Crippen LogP contribution is 2.15. The molecule has 0 fully saturated rings. The van der Waals surface area contributed by atoms with Gasteiger partial charge in [-0.3, -0.25) is 0 Å². The number of azide groups is 1. The molecule has 1 rings (SSSR count). The van der Waals surface area contributed by atoms with Gasteiger partial charge in [0, 0.05) is 11.0 Å². The number of rotatable bonds is 4. The van der Waals surface area contributed by atoms with Crippen LogP contribution >= 0.6 is 0 Å². The van der Waals surface area contributed by atoms with Crippen molar-refractivity contribution in [1.29, 1.82) is 0 Å². The summed E-state index contributed by atoms with van der Waals surface area (Å²) >= 11 is 0. The fourth-order valence-electron chi connectivity index (χ4n) is 1.12. The van der Waals surface area contributed by atoms with Gasteiger partial charge in [0.1, 0.15) is 0 Å². The lowest BCUT2D eigenvalue weighted by molar-refractivity contribution is -0.137. The molecule has 0 aliphatic heterocycles. The van der Waals surface area contributed by atoms with E-state index < -0.39 is 5.97 Å². The molecule has 1 aromatic rings. The van der Waals surface area contributed by atoms with E-state index in [0.717, 1.165) is 0 Å². The average molecular weight is 217 g/mol. The van der Waals surface area contributed by atoms with Gasteiger partial charge in [0.2, 0.25) is 0 Å². The first-order chi connectivity index (χ1) is 7.77. The van der Waals surface area contributed by atoms with Crippen LogP contribution in [0.15, 0.2) is 41.5 Å². The molecule has 0 atom stereocenters. The summed E-state index contributed by atoms with van der Waals surface area (Å²) in [7, 11) is 0. The molecule has 0 saturated carbocycles. The number of nitrogens with zero attached hydrogens (tertiary/aromatic N) is 3. The predicted molar refractivity (Wildman–Crippen MR) is 60.2 cm³/mol. The standard InChI is InChI=1S/C11H11N3O2/c1-2-16-11(15)8-10(13-14-12)9-6-4-3-5-7-9/h3-8H,2H2,1H3. The van der Waals surface area contributed by atoms with E-state index in [2.05, 4.69) is 10.0 Å². The van der Waals surface area contributed by atoms with Crippen molar-refractivity contribution in [2.75, 3.05) is 6.61 Å². The van der Waals surface area contributed by atoms with Crippen molar-refractivity contribution in [2.24, 2.45) is 5.11 Å². The maximum absolute atomic E-state index is 11.2. The molecule has 5 nitrogen and oxygen atoms in total. The van der Waals surface area contributed by atoms with E-state index in [4.69, 9.17) is 10.3 Å². The van der Waals surface area contributed by atoms with Crippen LogP contribution in [0, 0.1) is 0 Å². The SMILES string of the molecule is CCOC(=O)C=C(N=[N+]=[N-])c1ccccc1. The molecule has 16 heavy (non-hydrogen) atoms. The van der Waals surface area contributed by atoms with Crippen LogP contribution in [0.2, 0.25) is 0 Å². The monoisotopic (exact) mass is 217 g/mol. The number of carbonyl (C=O) groups excluding carboxylic acids is 1. The quantitative estimate of drug-likeness (QED) is 0.255. The zero-order valence-corrected chi connectivity index (χ0v) is 8.83. The molecule has 0 bridgehead atoms. The van der Waals surface area contributed by atoms with Crippen molar-refractivity contribution < 1.29 is 9.53 Å². The van der Waals surface area contributed by atoms with Gasteiger partial charge in [0.15, 0.2) is 0 Å². The molecule has 0 radical (unpaired) electrons. The summed E-state index contributed by atoms with van der Waals surface area (Å²) < 4.78 is 4.74. The minimum absolute atomic E-state index is 0.251. The first-order valence-corrected chi connectivity index (χ1v) is 4.77. The van der Waals surface area contributed by atoms with E-state index in [-0.39, 0.29) is 12.3 Å². The minimum Gasteiger partial charge on any atom is -0.463 e. The highest BCUT2D eigenvalue weighted by atomic mass is 16.5. The first kappa shape index (κ1) is 11.8. The Hall–Kier alpha value is -2.26. The third-order valence-electron chi connectivity index (χ3n) is 1.76. The largest absolute Gasteiger partial charge is 0.463 e. The number of benzene rings is 1. The fraction of sp³-hybridized carbons (Fsp3) is 0.182. The number of carbonyl (C=O) groups is 1. The van der Waals surface area contributed by atoms with E-state index in [9.17, 15) is 4.79 Å². The summed E-state index contributed by atoms with van der Waals surface area (Å²) in [6.45, 7) is 2.00. The number of hydrogen-bond acceptors (Lipinski definition) is 3. The molecule has 0 spiro atoms. The zero-order valence-electron chi connectivity index (χ0n) is 8.83. The number of esters is 1. The minimum atomic E-state index is -0.520. The second kappa shape index (κ2) is 6.27. The Morgan fingerprint density at radius 3 is 2.75 bits per heavy atom. The lowest BCUT2D eigenvalue weighted by Gasteiger charge is -2.00. The van der Waals surface area contributed by atoms with Gasteiger partial charge in [-0.15, -0.1) is 0 Å². The predicted octanol–water partition coefficient (Wildman–Crippen LogP) is 2.90. The Balaban J connectivity index is 3.00. The van der Waals surface area contributed by atoms with Crippen molar-refractivity contribution in [1.82, 2.24) is 0 Å². The molecule has 82 valence electrons. The normalized spacial score (nSPS) is 10.4. The summed E-state index contributed by atoms with van der Waals surface area (Å²) in [5, 5.41) is 3.46. The summed E-state index contributed by atoms with van der Waals surface area (Å²) in [5.74, 6) is -0.520. The van der Waals surface area contributed by atoms with Gasteiger partial charge in [0.05, 0.1) is 12.3 Å². The van der Waals surface area contributed by atoms with E-state index in [1.54, 1.807) is 31.2 Å². The summed E-state index contributed by atoms with van der Waals surface area (Å²) in [6, 6.07) is 8.92. The summed E-state index contributed by atoms with van der Waals surface area (Å²) in [4.78, 5) is 13.9.